The Hall–Kier alpha value is -3.65. The number of ether oxygens (including phenoxy) is 1. The van der Waals surface area contributed by atoms with Crippen LogP contribution in [0.3, 0.4) is 0 Å². The molecule has 168 valence electrons. The zero-order chi connectivity index (χ0) is 23.3. The summed E-state index contributed by atoms with van der Waals surface area (Å²) in [5.74, 6) is -0.0440. The molecule has 0 saturated heterocycles. The number of nitrogens with zero attached hydrogens (tertiary/aromatic N) is 2. The standard InChI is InChI=1S/C25H23BrN4O3/c1-2-33-22-14-17(13-20(26)23(22)31)16-27-29-24(32)21-15-25(30-28-21,18-9-5-3-6-10-18)19-11-7-4-8-12-19/h3-14,16,30-31H,2,15H2,1H3,(H,29,32)/b27-16+. The van der Waals surface area contributed by atoms with Crippen molar-refractivity contribution in [3.05, 3.63) is 94.0 Å². The smallest absolute Gasteiger partial charge is 0.287 e. The fourth-order valence-electron chi connectivity index (χ4n) is 3.73. The lowest BCUT2D eigenvalue weighted by Crippen LogP contribution is -2.38. The lowest BCUT2D eigenvalue weighted by molar-refractivity contribution is -0.114. The van der Waals surface area contributed by atoms with E-state index in [4.69, 9.17) is 4.74 Å². The molecule has 0 saturated carbocycles. The van der Waals surface area contributed by atoms with Crippen LogP contribution in [0.25, 0.3) is 0 Å². The van der Waals surface area contributed by atoms with Gasteiger partial charge in [0.15, 0.2) is 11.5 Å². The molecule has 0 aliphatic carbocycles. The summed E-state index contributed by atoms with van der Waals surface area (Å²) in [7, 11) is 0. The van der Waals surface area contributed by atoms with Gasteiger partial charge in [-0.05, 0) is 51.7 Å². The Kier molecular flexibility index (Phi) is 6.74. The average molecular weight is 507 g/mol. The predicted octanol–water partition coefficient (Wildman–Crippen LogP) is 4.30. The van der Waals surface area contributed by atoms with Crippen molar-refractivity contribution in [1.82, 2.24) is 10.9 Å². The van der Waals surface area contributed by atoms with Gasteiger partial charge in [-0.2, -0.15) is 10.2 Å². The molecule has 0 atom stereocenters. The quantitative estimate of drug-likeness (QED) is 0.329. The first-order valence-corrected chi connectivity index (χ1v) is 11.3. The molecule has 1 heterocycles. The molecule has 1 aliphatic heterocycles. The van der Waals surface area contributed by atoms with Crippen molar-refractivity contribution in [3.8, 4) is 11.5 Å². The number of carbonyl (C=O) groups is 1. The van der Waals surface area contributed by atoms with Gasteiger partial charge in [-0.3, -0.25) is 10.2 Å². The number of hydrogen-bond donors (Lipinski definition) is 3. The minimum absolute atomic E-state index is 0.0163. The molecule has 4 rings (SSSR count). The van der Waals surface area contributed by atoms with Crippen molar-refractivity contribution >= 4 is 33.8 Å². The van der Waals surface area contributed by atoms with Gasteiger partial charge in [-0.15, -0.1) is 0 Å². The molecule has 8 heteroatoms. The average Bonchev–Trinajstić information content (AvgIpc) is 3.30. The third kappa shape index (κ3) is 4.75. The molecule has 1 aliphatic rings. The molecular formula is C25H23BrN4O3. The van der Waals surface area contributed by atoms with Crippen LogP contribution < -0.4 is 15.6 Å². The van der Waals surface area contributed by atoms with Gasteiger partial charge in [0.25, 0.3) is 5.91 Å². The summed E-state index contributed by atoms with van der Waals surface area (Å²) in [6, 6.07) is 23.2. The second kappa shape index (κ2) is 9.87. The molecule has 0 unspecified atom stereocenters. The van der Waals surface area contributed by atoms with E-state index >= 15 is 0 Å². The molecule has 3 aromatic carbocycles. The number of halogens is 1. The van der Waals surface area contributed by atoms with Crippen LogP contribution in [0.15, 0.2) is 87.5 Å². The van der Waals surface area contributed by atoms with Crippen molar-refractivity contribution in [1.29, 1.82) is 0 Å². The van der Waals surface area contributed by atoms with Crippen LogP contribution in [0.2, 0.25) is 0 Å². The summed E-state index contributed by atoms with van der Waals surface area (Å²) in [6.07, 6.45) is 1.86. The van der Waals surface area contributed by atoms with Crippen LogP contribution in [0.1, 0.15) is 30.0 Å². The fourth-order valence-corrected chi connectivity index (χ4v) is 4.19. The van der Waals surface area contributed by atoms with Gasteiger partial charge in [-0.25, -0.2) is 5.43 Å². The van der Waals surface area contributed by atoms with Gasteiger partial charge in [-0.1, -0.05) is 60.7 Å². The van der Waals surface area contributed by atoms with Crippen molar-refractivity contribution in [2.45, 2.75) is 18.9 Å². The van der Waals surface area contributed by atoms with Gasteiger partial charge in [0.1, 0.15) is 11.3 Å². The van der Waals surface area contributed by atoms with Crippen LogP contribution >= 0.6 is 15.9 Å². The molecule has 0 radical (unpaired) electrons. The van der Waals surface area contributed by atoms with Crippen LogP contribution in [-0.2, 0) is 10.3 Å². The minimum Gasteiger partial charge on any atom is -0.503 e. The maximum Gasteiger partial charge on any atom is 0.287 e. The molecule has 0 bridgehead atoms. The Morgan fingerprint density at radius 2 is 1.82 bits per heavy atom. The maximum atomic E-state index is 12.8. The number of carbonyl (C=O) groups excluding carboxylic acids is 1. The zero-order valence-electron chi connectivity index (χ0n) is 18.0. The predicted molar refractivity (Wildman–Crippen MR) is 132 cm³/mol. The summed E-state index contributed by atoms with van der Waals surface area (Å²) >= 11 is 3.29. The normalized spacial score (nSPS) is 14.5. The number of hydrogen-bond acceptors (Lipinski definition) is 6. The van der Waals surface area contributed by atoms with Crippen LogP contribution in [0.4, 0.5) is 0 Å². The monoisotopic (exact) mass is 506 g/mol. The summed E-state index contributed by atoms with van der Waals surface area (Å²) in [5, 5.41) is 18.5. The first kappa shape index (κ1) is 22.5. The van der Waals surface area contributed by atoms with Crippen LogP contribution in [-0.4, -0.2) is 29.5 Å². The highest BCUT2D eigenvalue weighted by atomic mass is 79.9. The zero-order valence-corrected chi connectivity index (χ0v) is 19.5. The summed E-state index contributed by atoms with van der Waals surface area (Å²) in [5.41, 5.74) is 8.14. The SMILES string of the molecule is CCOc1cc(/C=N/NC(=O)C2=NNC(c3ccccc3)(c3ccccc3)C2)cc(Br)c1O. The van der Waals surface area contributed by atoms with Gasteiger partial charge in [0.05, 0.1) is 17.3 Å². The minimum atomic E-state index is -0.632. The highest BCUT2D eigenvalue weighted by Crippen LogP contribution is 2.37. The molecule has 0 aromatic heterocycles. The molecule has 0 spiro atoms. The number of aromatic hydroxyl groups is 1. The van der Waals surface area contributed by atoms with E-state index in [0.717, 1.165) is 11.1 Å². The van der Waals surface area contributed by atoms with Gasteiger partial charge in [0, 0.05) is 6.42 Å². The Morgan fingerprint density at radius 1 is 1.18 bits per heavy atom. The maximum absolute atomic E-state index is 12.8. The summed E-state index contributed by atoms with van der Waals surface area (Å²) in [4.78, 5) is 12.8. The van der Waals surface area contributed by atoms with Crippen molar-refractivity contribution in [3.63, 3.8) is 0 Å². The Labute approximate surface area is 200 Å². The van der Waals surface area contributed by atoms with Gasteiger partial charge in [0.2, 0.25) is 0 Å². The fraction of sp³-hybridized carbons (Fsp3) is 0.160. The van der Waals surface area contributed by atoms with E-state index in [9.17, 15) is 9.90 Å². The van der Waals surface area contributed by atoms with Crippen LogP contribution in [0, 0.1) is 0 Å². The molecule has 1 amide bonds. The molecule has 7 nitrogen and oxygen atoms in total. The van der Waals surface area contributed by atoms with Crippen molar-refractivity contribution < 1.29 is 14.6 Å². The van der Waals surface area contributed by atoms with E-state index in [2.05, 4.69) is 37.0 Å². The largest absolute Gasteiger partial charge is 0.503 e. The molecule has 3 aromatic rings. The van der Waals surface area contributed by atoms with Crippen molar-refractivity contribution in [2.75, 3.05) is 6.61 Å². The first-order valence-electron chi connectivity index (χ1n) is 10.5. The molecule has 0 fully saturated rings. The van der Waals surface area contributed by atoms with Gasteiger partial charge >= 0.3 is 0 Å². The second-order valence-electron chi connectivity index (χ2n) is 7.47. The third-order valence-electron chi connectivity index (χ3n) is 5.34. The Bertz CT molecular complexity index is 1160. The van der Waals surface area contributed by atoms with Crippen LogP contribution in [0.5, 0.6) is 11.5 Å². The number of rotatable bonds is 7. The Balaban J connectivity index is 1.50. The lowest BCUT2D eigenvalue weighted by Gasteiger charge is -2.30. The number of nitrogens with one attached hydrogen (secondary N) is 2. The highest BCUT2D eigenvalue weighted by Gasteiger charge is 2.41. The highest BCUT2D eigenvalue weighted by molar-refractivity contribution is 9.10. The van der Waals surface area contributed by atoms with E-state index in [0.29, 0.717) is 34.5 Å². The van der Waals surface area contributed by atoms with E-state index in [1.165, 1.54) is 6.21 Å². The molecular weight excluding hydrogens is 484 g/mol. The van der Waals surface area contributed by atoms with E-state index in [1.807, 2.05) is 67.6 Å². The number of benzene rings is 3. The second-order valence-corrected chi connectivity index (χ2v) is 8.32. The number of phenolic OH excluding ortho intramolecular Hbond substituents is 1. The number of hydrazone groups is 2. The number of phenols is 1. The number of amides is 1. The van der Waals surface area contributed by atoms with E-state index < -0.39 is 11.4 Å². The summed E-state index contributed by atoms with van der Waals surface area (Å²) in [6.45, 7) is 2.24. The summed E-state index contributed by atoms with van der Waals surface area (Å²) < 4.78 is 5.89. The lowest BCUT2D eigenvalue weighted by atomic mass is 9.80. The third-order valence-corrected chi connectivity index (χ3v) is 5.94. The topological polar surface area (TPSA) is 95.3 Å². The Morgan fingerprint density at radius 3 is 2.42 bits per heavy atom. The first-order chi connectivity index (χ1) is 16.0. The van der Waals surface area contributed by atoms with E-state index in [1.54, 1.807) is 12.1 Å². The molecule has 3 N–H and O–H groups in total. The van der Waals surface area contributed by atoms with E-state index in [-0.39, 0.29) is 5.75 Å². The van der Waals surface area contributed by atoms with Gasteiger partial charge < -0.3 is 9.84 Å². The van der Waals surface area contributed by atoms with Crippen molar-refractivity contribution in [2.24, 2.45) is 10.2 Å². The molecule has 33 heavy (non-hydrogen) atoms.